The molecule has 0 N–H and O–H groups in total. The van der Waals surface area contributed by atoms with E-state index in [1.165, 1.54) is 7.05 Å². The van der Waals surface area contributed by atoms with Gasteiger partial charge in [0.25, 0.3) is 0 Å². The summed E-state index contributed by atoms with van der Waals surface area (Å²) < 4.78 is 4.25. The first-order chi connectivity index (χ1) is 4.63. The van der Waals surface area contributed by atoms with Crippen molar-refractivity contribution in [1.29, 1.82) is 0 Å². The molecule has 0 spiro atoms. The van der Waals surface area contributed by atoms with Crippen LogP contribution in [-0.4, -0.2) is 38.0 Å². The van der Waals surface area contributed by atoms with Gasteiger partial charge in [-0.1, -0.05) is 0 Å². The second-order valence-corrected chi connectivity index (χ2v) is 1.93. The number of carbonyl (C=O) groups excluding carboxylic acids is 2. The summed E-state index contributed by atoms with van der Waals surface area (Å²) in [6.07, 6.45) is 0.108. The minimum absolute atomic E-state index is 0.0787. The van der Waals surface area contributed by atoms with Crippen molar-refractivity contribution in [1.82, 2.24) is 4.90 Å². The van der Waals surface area contributed by atoms with Gasteiger partial charge in [0.05, 0.1) is 0 Å². The maximum atomic E-state index is 10.1. The third kappa shape index (κ3) is 2.14. The number of imide groups is 1. The SMILES string of the molecule is CN1C(=O)CC1=O.COC. The number of likely N-dealkylation sites (tertiary alicyclic amines) is 1. The normalized spacial score (nSPS) is 15.7. The van der Waals surface area contributed by atoms with Gasteiger partial charge in [0.2, 0.25) is 11.8 Å². The molecule has 0 bridgehead atoms. The van der Waals surface area contributed by atoms with Crippen LogP contribution in [0, 0.1) is 0 Å². The fourth-order valence-corrected chi connectivity index (χ4v) is 0.414. The number of hydrogen-bond acceptors (Lipinski definition) is 3. The molecule has 4 nitrogen and oxygen atoms in total. The molecule has 0 unspecified atom stereocenters. The molecule has 1 aliphatic heterocycles. The Labute approximate surface area is 59.8 Å². The summed E-state index contributed by atoms with van der Waals surface area (Å²) in [6, 6.07) is 0. The molecule has 0 aromatic heterocycles. The topological polar surface area (TPSA) is 46.6 Å². The zero-order valence-electron chi connectivity index (χ0n) is 6.38. The molecule has 1 rings (SSSR count). The number of methoxy groups -OCH3 is 1. The summed E-state index contributed by atoms with van der Waals surface area (Å²) in [4.78, 5) is 21.4. The molecule has 0 aromatic rings. The van der Waals surface area contributed by atoms with Gasteiger partial charge < -0.3 is 4.74 Å². The van der Waals surface area contributed by atoms with E-state index in [1.54, 1.807) is 14.2 Å². The molecule has 1 aliphatic rings. The van der Waals surface area contributed by atoms with Crippen molar-refractivity contribution < 1.29 is 14.3 Å². The van der Waals surface area contributed by atoms with Gasteiger partial charge in [-0.2, -0.15) is 0 Å². The summed E-state index contributed by atoms with van der Waals surface area (Å²) in [5.41, 5.74) is 0. The summed E-state index contributed by atoms with van der Waals surface area (Å²) in [7, 11) is 4.73. The number of hydrogen-bond donors (Lipinski definition) is 0. The molecule has 1 heterocycles. The Balaban J connectivity index is 0.000000236. The number of amides is 2. The van der Waals surface area contributed by atoms with Crippen molar-refractivity contribution in [2.45, 2.75) is 6.42 Å². The van der Waals surface area contributed by atoms with Gasteiger partial charge in [-0.25, -0.2) is 0 Å². The Morgan fingerprint density at radius 2 is 1.60 bits per heavy atom. The first kappa shape index (κ1) is 9.10. The summed E-state index contributed by atoms with van der Waals surface area (Å²) in [5, 5.41) is 0. The monoisotopic (exact) mass is 145 g/mol. The predicted octanol–water partition coefficient (Wildman–Crippen LogP) is -0.362. The van der Waals surface area contributed by atoms with Crippen LogP contribution in [0.3, 0.4) is 0 Å². The van der Waals surface area contributed by atoms with Crippen LogP contribution in [0.4, 0.5) is 0 Å². The Kier molecular flexibility index (Phi) is 3.64. The molecule has 0 aliphatic carbocycles. The molecular formula is C6H11NO3. The van der Waals surface area contributed by atoms with E-state index in [1.807, 2.05) is 0 Å². The predicted molar refractivity (Wildman–Crippen MR) is 35.3 cm³/mol. The van der Waals surface area contributed by atoms with Gasteiger partial charge in [0, 0.05) is 21.3 Å². The van der Waals surface area contributed by atoms with Gasteiger partial charge in [0.1, 0.15) is 6.42 Å². The lowest BCUT2D eigenvalue weighted by molar-refractivity contribution is -0.155. The zero-order chi connectivity index (χ0) is 8.15. The number of carbonyl (C=O) groups is 2. The van der Waals surface area contributed by atoms with Crippen molar-refractivity contribution >= 4 is 11.8 Å². The molecule has 10 heavy (non-hydrogen) atoms. The van der Waals surface area contributed by atoms with Gasteiger partial charge in [-0.05, 0) is 0 Å². The number of ether oxygens (including phenoxy) is 1. The third-order valence-electron chi connectivity index (χ3n) is 1.05. The number of β-lactam (4-membered cyclic amide) rings is 2. The lowest BCUT2D eigenvalue weighted by atomic mass is 10.2. The van der Waals surface area contributed by atoms with Crippen LogP contribution in [0.25, 0.3) is 0 Å². The second kappa shape index (κ2) is 4.00. The highest BCUT2D eigenvalue weighted by Gasteiger charge is 2.29. The van der Waals surface area contributed by atoms with E-state index in [9.17, 15) is 9.59 Å². The maximum absolute atomic E-state index is 10.1. The van der Waals surface area contributed by atoms with E-state index in [0.29, 0.717) is 0 Å². The zero-order valence-corrected chi connectivity index (χ0v) is 6.38. The average Bonchev–Trinajstić information content (AvgIpc) is 1.90. The van der Waals surface area contributed by atoms with Crippen LogP contribution in [0.2, 0.25) is 0 Å². The van der Waals surface area contributed by atoms with Crippen molar-refractivity contribution in [3.63, 3.8) is 0 Å². The summed E-state index contributed by atoms with van der Waals surface area (Å²) >= 11 is 0. The molecule has 0 aromatic carbocycles. The van der Waals surface area contributed by atoms with E-state index in [2.05, 4.69) is 4.74 Å². The fraction of sp³-hybridized carbons (Fsp3) is 0.667. The van der Waals surface area contributed by atoms with E-state index in [-0.39, 0.29) is 18.2 Å². The highest BCUT2D eigenvalue weighted by molar-refractivity contribution is 6.14. The molecule has 58 valence electrons. The van der Waals surface area contributed by atoms with Crippen LogP contribution in [0.5, 0.6) is 0 Å². The van der Waals surface area contributed by atoms with Gasteiger partial charge >= 0.3 is 0 Å². The standard InChI is InChI=1S/C4H5NO2.C2H6O/c1-5-3(6)2-4(5)7;1-3-2/h2H2,1H3;1-2H3. The molecule has 0 saturated carbocycles. The largest absolute Gasteiger partial charge is 0.388 e. The van der Waals surface area contributed by atoms with Crippen LogP contribution in [-0.2, 0) is 14.3 Å². The van der Waals surface area contributed by atoms with Crippen LogP contribution in [0.1, 0.15) is 6.42 Å². The van der Waals surface area contributed by atoms with E-state index >= 15 is 0 Å². The van der Waals surface area contributed by atoms with E-state index < -0.39 is 0 Å². The summed E-state index contributed by atoms with van der Waals surface area (Å²) in [6.45, 7) is 0. The van der Waals surface area contributed by atoms with E-state index in [0.717, 1.165) is 4.90 Å². The van der Waals surface area contributed by atoms with Gasteiger partial charge in [-0.3, -0.25) is 14.5 Å². The molecule has 1 saturated heterocycles. The van der Waals surface area contributed by atoms with Crippen LogP contribution in [0.15, 0.2) is 0 Å². The Morgan fingerprint density at radius 1 is 1.30 bits per heavy atom. The summed E-state index contributed by atoms with van der Waals surface area (Å²) in [5.74, 6) is -0.157. The first-order valence-corrected chi connectivity index (χ1v) is 2.83. The lowest BCUT2D eigenvalue weighted by Gasteiger charge is -2.22. The molecule has 0 atom stereocenters. The second-order valence-electron chi connectivity index (χ2n) is 1.93. The van der Waals surface area contributed by atoms with Crippen molar-refractivity contribution in [3.8, 4) is 0 Å². The van der Waals surface area contributed by atoms with Crippen molar-refractivity contribution in [2.75, 3.05) is 21.3 Å². The molecule has 1 fully saturated rings. The van der Waals surface area contributed by atoms with Crippen molar-refractivity contribution in [3.05, 3.63) is 0 Å². The van der Waals surface area contributed by atoms with Gasteiger partial charge in [-0.15, -0.1) is 0 Å². The Hall–Kier alpha value is -0.900. The highest BCUT2D eigenvalue weighted by atomic mass is 16.4. The molecule has 4 heteroatoms. The Bertz CT molecular complexity index is 130. The fourth-order valence-electron chi connectivity index (χ4n) is 0.414. The quantitative estimate of drug-likeness (QED) is 0.345. The Morgan fingerprint density at radius 3 is 1.60 bits per heavy atom. The molecule has 0 radical (unpaired) electrons. The lowest BCUT2D eigenvalue weighted by Crippen LogP contribution is -2.45. The third-order valence-corrected chi connectivity index (χ3v) is 1.05. The molecular weight excluding hydrogens is 134 g/mol. The van der Waals surface area contributed by atoms with Gasteiger partial charge in [0.15, 0.2) is 0 Å². The highest BCUT2D eigenvalue weighted by Crippen LogP contribution is 2.05. The number of rotatable bonds is 0. The van der Waals surface area contributed by atoms with Crippen molar-refractivity contribution in [2.24, 2.45) is 0 Å². The minimum Gasteiger partial charge on any atom is -0.388 e. The first-order valence-electron chi connectivity index (χ1n) is 2.83. The van der Waals surface area contributed by atoms with Crippen LogP contribution >= 0.6 is 0 Å². The van der Waals surface area contributed by atoms with E-state index in [4.69, 9.17) is 0 Å². The van der Waals surface area contributed by atoms with Crippen LogP contribution < -0.4 is 0 Å². The minimum atomic E-state index is -0.0787. The average molecular weight is 145 g/mol. The smallest absolute Gasteiger partial charge is 0.238 e. The number of nitrogens with zero attached hydrogens (tertiary/aromatic N) is 1. The molecule has 2 amide bonds. The maximum Gasteiger partial charge on any atom is 0.238 e.